The number of nitrogens with two attached hydrogens (primary N) is 1. The summed E-state index contributed by atoms with van der Waals surface area (Å²) < 4.78 is 5.76. The van der Waals surface area contributed by atoms with Crippen molar-refractivity contribution in [2.24, 2.45) is 5.73 Å². The van der Waals surface area contributed by atoms with Crippen LogP contribution in [0.5, 0.6) is 0 Å². The second-order valence-corrected chi connectivity index (χ2v) is 4.85. The van der Waals surface area contributed by atoms with Crippen LogP contribution in [-0.4, -0.2) is 36.5 Å². The largest absolute Gasteiger partial charge is 0.369 e. The van der Waals surface area contributed by atoms with Gasteiger partial charge in [-0.2, -0.15) is 0 Å². The van der Waals surface area contributed by atoms with Crippen molar-refractivity contribution in [2.75, 3.05) is 19.7 Å². The molecule has 18 heavy (non-hydrogen) atoms. The first-order chi connectivity index (χ1) is 8.63. The van der Waals surface area contributed by atoms with Crippen LogP contribution in [0, 0.1) is 0 Å². The lowest BCUT2D eigenvalue weighted by Gasteiger charge is -2.38. The van der Waals surface area contributed by atoms with Gasteiger partial charge in [-0.3, -0.25) is 4.79 Å². The molecule has 98 valence electrons. The van der Waals surface area contributed by atoms with Crippen LogP contribution in [0.3, 0.4) is 0 Å². The Hall–Kier alpha value is -1.10. The highest BCUT2D eigenvalue weighted by Crippen LogP contribution is 2.29. The first kappa shape index (κ1) is 13.3. The third-order valence-electron chi connectivity index (χ3n) is 3.18. The zero-order chi connectivity index (χ0) is 13.1. The SMILES string of the molecule is CC1COC(c2ccccc2Cl)CN1C(=O)CN. The van der Waals surface area contributed by atoms with Crippen molar-refractivity contribution in [3.05, 3.63) is 34.9 Å². The minimum atomic E-state index is -0.176. The van der Waals surface area contributed by atoms with E-state index in [1.165, 1.54) is 0 Å². The number of halogens is 1. The highest BCUT2D eigenvalue weighted by Gasteiger charge is 2.30. The van der Waals surface area contributed by atoms with Gasteiger partial charge in [-0.05, 0) is 13.0 Å². The number of hydrogen-bond acceptors (Lipinski definition) is 3. The van der Waals surface area contributed by atoms with E-state index in [1.807, 2.05) is 31.2 Å². The fraction of sp³-hybridized carbons (Fsp3) is 0.462. The molecule has 0 bridgehead atoms. The molecule has 0 aliphatic carbocycles. The van der Waals surface area contributed by atoms with E-state index in [0.29, 0.717) is 18.2 Å². The number of ether oxygens (including phenoxy) is 1. The molecule has 1 amide bonds. The van der Waals surface area contributed by atoms with Crippen molar-refractivity contribution >= 4 is 17.5 Å². The summed E-state index contributed by atoms with van der Waals surface area (Å²) in [4.78, 5) is 13.5. The maximum absolute atomic E-state index is 11.8. The molecular weight excluding hydrogens is 252 g/mol. The Bertz CT molecular complexity index is 439. The molecular formula is C13H17ClN2O2. The van der Waals surface area contributed by atoms with Gasteiger partial charge in [0.1, 0.15) is 6.10 Å². The van der Waals surface area contributed by atoms with E-state index in [2.05, 4.69) is 0 Å². The smallest absolute Gasteiger partial charge is 0.236 e. The number of morpholine rings is 1. The van der Waals surface area contributed by atoms with E-state index in [0.717, 1.165) is 5.56 Å². The number of nitrogens with zero attached hydrogens (tertiary/aromatic N) is 1. The van der Waals surface area contributed by atoms with Crippen LogP contribution < -0.4 is 5.73 Å². The highest BCUT2D eigenvalue weighted by molar-refractivity contribution is 6.31. The maximum atomic E-state index is 11.8. The van der Waals surface area contributed by atoms with Gasteiger partial charge < -0.3 is 15.4 Å². The van der Waals surface area contributed by atoms with E-state index in [1.54, 1.807) is 4.90 Å². The predicted octanol–water partition coefficient (Wildman–Crippen LogP) is 1.59. The lowest BCUT2D eigenvalue weighted by atomic mass is 10.1. The molecule has 1 aromatic carbocycles. The molecule has 0 spiro atoms. The number of carbonyl (C=O) groups is 1. The average Bonchev–Trinajstić information content (AvgIpc) is 2.39. The zero-order valence-corrected chi connectivity index (χ0v) is 11.1. The lowest BCUT2D eigenvalue weighted by Crippen LogP contribution is -2.50. The molecule has 1 aromatic rings. The van der Waals surface area contributed by atoms with Crippen molar-refractivity contribution in [3.63, 3.8) is 0 Å². The fourth-order valence-electron chi connectivity index (χ4n) is 2.15. The molecule has 2 atom stereocenters. The lowest BCUT2D eigenvalue weighted by molar-refractivity contribution is -0.142. The summed E-state index contributed by atoms with van der Waals surface area (Å²) in [7, 11) is 0. The van der Waals surface area contributed by atoms with Crippen LogP contribution in [0.25, 0.3) is 0 Å². The van der Waals surface area contributed by atoms with E-state index in [4.69, 9.17) is 22.1 Å². The Morgan fingerprint density at radius 3 is 2.94 bits per heavy atom. The molecule has 5 heteroatoms. The van der Waals surface area contributed by atoms with Crippen molar-refractivity contribution < 1.29 is 9.53 Å². The summed E-state index contributed by atoms with van der Waals surface area (Å²) in [5, 5.41) is 0.664. The van der Waals surface area contributed by atoms with Crippen LogP contribution in [0.2, 0.25) is 5.02 Å². The molecule has 4 nitrogen and oxygen atoms in total. The normalized spacial score (nSPS) is 24.1. The summed E-state index contributed by atoms with van der Waals surface area (Å²) >= 11 is 6.15. The number of rotatable bonds is 2. The van der Waals surface area contributed by atoms with Gasteiger partial charge in [0.05, 0.1) is 25.7 Å². The topological polar surface area (TPSA) is 55.6 Å². The summed E-state index contributed by atoms with van der Waals surface area (Å²) in [5.74, 6) is -0.0529. The number of hydrogen-bond donors (Lipinski definition) is 1. The molecule has 2 rings (SSSR count). The maximum Gasteiger partial charge on any atom is 0.236 e. The predicted molar refractivity (Wildman–Crippen MR) is 70.4 cm³/mol. The second-order valence-electron chi connectivity index (χ2n) is 4.44. The fourth-order valence-corrected chi connectivity index (χ4v) is 2.40. The van der Waals surface area contributed by atoms with Crippen LogP contribution in [0.15, 0.2) is 24.3 Å². The van der Waals surface area contributed by atoms with E-state index in [-0.39, 0.29) is 24.6 Å². The average molecular weight is 269 g/mol. The quantitative estimate of drug-likeness (QED) is 0.886. The van der Waals surface area contributed by atoms with Crippen LogP contribution in [-0.2, 0) is 9.53 Å². The molecule has 1 aliphatic heterocycles. The Morgan fingerprint density at radius 2 is 2.28 bits per heavy atom. The summed E-state index contributed by atoms with van der Waals surface area (Å²) in [6.07, 6.45) is -0.176. The van der Waals surface area contributed by atoms with Gasteiger partial charge in [-0.15, -0.1) is 0 Å². The number of amides is 1. The first-order valence-electron chi connectivity index (χ1n) is 5.99. The molecule has 0 saturated carbocycles. The van der Waals surface area contributed by atoms with Gasteiger partial charge in [-0.1, -0.05) is 29.8 Å². The van der Waals surface area contributed by atoms with E-state index >= 15 is 0 Å². The van der Waals surface area contributed by atoms with Crippen LogP contribution in [0.1, 0.15) is 18.6 Å². The van der Waals surface area contributed by atoms with Gasteiger partial charge in [0.15, 0.2) is 0 Å². The third kappa shape index (κ3) is 2.66. The van der Waals surface area contributed by atoms with Gasteiger partial charge in [0.2, 0.25) is 5.91 Å². The monoisotopic (exact) mass is 268 g/mol. The molecule has 1 saturated heterocycles. The Balaban J connectivity index is 2.17. The van der Waals surface area contributed by atoms with E-state index in [9.17, 15) is 4.79 Å². The molecule has 1 fully saturated rings. The zero-order valence-electron chi connectivity index (χ0n) is 10.3. The minimum absolute atomic E-state index is 0.0274. The third-order valence-corrected chi connectivity index (χ3v) is 3.52. The van der Waals surface area contributed by atoms with Gasteiger partial charge in [0, 0.05) is 10.6 Å². The number of benzene rings is 1. The molecule has 0 aromatic heterocycles. The molecule has 2 unspecified atom stereocenters. The van der Waals surface area contributed by atoms with Crippen LogP contribution in [0.4, 0.5) is 0 Å². The van der Waals surface area contributed by atoms with Gasteiger partial charge >= 0.3 is 0 Å². The standard InChI is InChI=1S/C13H17ClN2O2/c1-9-8-18-12(7-16(9)13(17)6-15)10-4-2-3-5-11(10)14/h2-5,9,12H,6-8,15H2,1H3. The molecule has 1 aliphatic rings. The Morgan fingerprint density at radius 1 is 1.56 bits per heavy atom. The Kier molecular flexibility index (Phi) is 4.22. The second kappa shape index (κ2) is 5.69. The molecule has 2 N–H and O–H groups in total. The summed E-state index contributed by atoms with van der Waals surface area (Å²) in [6.45, 7) is 2.98. The molecule has 1 heterocycles. The minimum Gasteiger partial charge on any atom is -0.369 e. The van der Waals surface area contributed by atoms with Crippen LogP contribution >= 0.6 is 11.6 Å². The van der Waals surface area contributed by atoms with Crippen molar-refractivity contribution in [3.8, 4) is 0 Å². The summed E-state index contributed by atoms with van der Waals surface area (Å²) in [5.41, 5.74) is 6.34. The van der Waals surface area contributed by atoms with Gasteiger partial charge in [-0.25, -0.2) is 0 Å². The Labute approximate surface area is 112 Å². The molecule has 0 radical (unpaired) electrons. The van der Waals surface area contributed by atoms with Gasteiger partial charge in [0.25, 0.3) is 0 Å². The first-order valence-corrected chi connectivity index (χ1v) is 6.37. The number of carbonyl (C=O) groups excluding carboxylic acids is 1. The highest BCUT2D eigenvalue weighted by atomic mass is 35.5. The summed E-state index contributed by atoms with van der Waals surface area (Å²) in [6, 6.07) is 7.60. The van der Waals surface area contributed by atoms with Crippen molar-refractivity contribution in [1.82, 2.24) is 4.90 Å². The van der Waals surface area contributed by atoms with Crippen molar-refractivity contribution in [2.45, 2.75) is 19.1 Å². The van der Waals surface area contributed by atoms with Crippen molar-refractivity contribution in [1.29, 1.82) is 0 Å². The van der Waals surface area contributed by atoms with E-state index < -0.39 is 0 Å².